The molecule has 3 heterocycles. The van der Waals surface area contributed by atoms with E-state index in [0.29, 0.717) is 0 Å². The lowest BCUT2D eigenvalue weighted by Crippen LogP contribution is -2.41. The molecule has 3 aromatic rings. The molecule has 3 aromatic carbocycles. The minimum Gasteiger partial charge on any atom is -0.453 e. The summed E-state index contributed by atoms with van der Waals surface area (Å²) in [4.78, 5) is 2.21. The molecule has 30 heavy (non-hydrogen) atoms. The Hall–Kier alpha value is -2.96. The van der Waals surface area contributed by atoms with Gasteiger partial charge in [-0.15, -0.1) is 0 Å². The van der Waals surface area contributed by atoms with Gasteiger partial charge in [0.1, 0.15) is 5.69 Å². The highest BCUT2D eigenvalue weighted by Gasteiger charge is 2.52. The van der Waals surface area contributed by atoms with Gasteiger partial charge < -0.3 is 18.8 Å². The molecule has 0 radical (unpaired) electrons. The summed E-state index contributed by atoms with van der Waals surface area (Å²) in [7, 11) is -0.437. The topological polar surface area (TPSA) is 40.2 Å². The van der Waals surface area contributed by atoms with Crippen molar-refractivity contribution >= 4 is 29.6 Å². The van der Waals surface area contributed by atoms with E-state index in [1.807, 2.05) is 48.5 Å². The maximum Gasteiger partial charge on any atom is 0.494 e. The van der Waals surface area contributed by atoms with Gasteiger partial charge in [-0.2, -0.15) is 0 Å². The average Bonchev–Trinajstić information content (AvgIpc) is 2.94. The van der Waals surface area contributed by atoms with Crippen LogP contribution in [0.1, 0.15) is 27.7 Å². The van der Waals surface area contributed by atoms with E-state index in [9.17, 15) is 0 Å². The standard InChI is InChI=1S/C24H22BNO4/c1-23(2)24(3,4)30-25(29-23)15-12-13-19-17(14-15)26-16-8-5-6-9-18(16)27-20-10-7-11-21(28-19)22(20)26/h5-14H,1-4H3. The zero-order chi connectivity index (χ0) is 20.7. The first-order chi connectivity index (χ1) is 14.3. The highest BCUT2D eigenvalue weighted by Crippen LogP contribution is 2.59. The Bertz CT molecular complexity index is 1160. The molecule has 150 valence electrons. The summed E-state index contributed by atoms with van der Waals surface area (Å²) >= 11 is 0. The van der Waals surface area contributed by atoms with Crippen molar-refractivity contribution in [3.63, 3.8) is 0 Å². The molecular formula is C24H22BNO4. The van der Waals surface area contributed by atoms with Crippen LogP contribution < -0.4 is 19.8 Å². The first-order valence-electron chi connectivity index (χ1n) is 10.2. The molecule has 5 nitrogen and oxygen atoms in total. The van der Waals surface area contributed by atoms with Crippen molar-refractivity contribution in [3.8, 4) is 23.0 Å². The van der Waals surface area contributed by atoms with Crippen LogP contribution in [-0.4, -0.2) is 18.3 Å². The Balaban J connectivity index is 1.51. The molecule has 3 aliphatic heterocycles. The smallest absolute Gasteiger partial charge is 0.453 e. The predicted molar refractivity (Wildman–Crippen MR) is 117 cm³/mol. The van der Waals surface area contributed by atoms with Gasteiger partial charge in [0.2, 0.25) is 0 Å². The van der Waals surface area contributed by atoms with Crippen LogP contribution in [0.15, 0.2) is 60.7 Å². The maximum absolute atomic E-state index is 6.28. The molecule has 3 aliphatic rings. The molecule has 0 bridgehead atoms. The second-order valence-electron chi connectivity index (χ2n) is 8.93. The Labute approximate surface area is 176 Å². The molecule has 0 atom stereocenters. The Morgan fingerprint density at radius 1 is 0.667 bits per heavy atom. The van der Waals surface area contributed by atoms with Gasteiger partial charge in [0.15, 0.2) is 23.0 Å². The Morgan fingerprint density at radius 3 is 1.97 bits per heavy atom. The number of benzene rings is 3. The number of rotatable bonds is 1. The number of ether oxygens (including phenoxy) is 2. The Morgan fingerprint density at radius 2 is 1.27 bits per heavy atom. The van der Waals surface area contributed by atoms with E-state index in [0.717, 1.165) is 45.5 Å². The van der Waals surface area contributed by atoms with E-state index >= 15 is 0 Å². The highest BCUT2D eigenvalue weighted by molar-refractivity contribution is 6.62. The summed E-state index contributed by atoms with van der Waals surface area (Å²) in [6.07, 6.45) is 0. The van der Waals surface area contributed by atoms with Gasteiger partial charge in [0, 0.05) is 0 Å². The van der Waals surface area contributed by atoms with Gasteiger partial charge in [-0.25, -0.2) is 0 Å². The van der Waals surface area contributed by atoms with Crippen LogP contribution in [0.2, 0.25) is 0 Å². The average molecular weight is 399 g/mol. The van der Waals surface area contributed by atoms with Gasteiger partial charge in [0.25, 0.3) is 0 Å². The molecule has 6 rings (SSSR count). The normalized spacial score (nSPS) is 19.3. The van der Waals surface area contributed by atoms with Crippen molar-refractivity contribution in [2.75, 3.05) is 4.90 Å². The zero-order valence-corrected chi connectivity index (χ0v) is 17.4. The van der Waals surface area contributed by atoms with Crippen molar-refractivity contribution in [3.05, 3.63) is 60.7 Å². The van der Waals surface area contributed by atoms with Crippen LogP contribution in [0.3, 0.4) is 0 Å². The number of para-hydroxylation sites is 3. The van der Waals surface area contributed by atoms with E-state index in [2.05, 4.69) is 44.7 Å². The van der Waals surface area contributed by atoms with E-state index < -0.39 is 18.3 Å². The van der Waals surface area contributed by atoms with E-state index in [-0.39, 0.29) is 0 Å². The van der Waals surface area contributed by atoms with Crippen molar-refractivity contribution in [1.82, 2.24) is 0 Å². The molecule has 0 aliphatic carbocycles. The summed E-state index contributed by atoms with van der Waals surface area (Å²) in [5.74, 6) is 3.16. The van der Waals surface area contributed by atoms with Gasteiger partial charge in [-0.05, 0) is 69.6 Å². The molecule has 0 spiro atoms. The zero-order valence-electron chi connectivity index (χ0n) is 17.4. The monoisotopic (exact) mass is 399 g/mol. The quantitative estimate of drug-likeness (QED) is 0.340. The van der Waals surface area contributed by atoms with Crippen LogP contribution in [0.4, 0.5) is 17.1 Å². The lowest BCUT2D eigenvalue weighted by Gasteiger charge is -2.38. The fourth-order valence-electron chi connectivity index (χ4n) is 4.14. The molecule has 0 saturated carbocycles. The minimum atomic E-state index is -0.437. The molecular weight excluding hydrogens is 377 g/mol. The number of hydrogen-bond donors (Lipinski definition) is 0. The summed E-state index contributed by atoms with van der Waals surface area (Å²) in [5.41, 5.74) is 3.01. The fourth-order valence-corrected chi connectivity index (χ4v) is 4.14. The van der Waals surface area contributed by atoms with Gasteiger partial charge in [-0.3, -0.25) is 4.90 Å². The molecule has 0 aromatic heterocycles. The first-order valence-corrected chi connectivity index (χ1v) is 10.2. The van der Waals surface area contributed by atoms with E-state index in [1.54, 1.807) is 0 Å². The minimum absolute atomic E-state index is 0.393. The van der Waals surface area contributed by atoms with E-state index in [1.165, 1.54) is 0 Å². The molecule has 0 unspecified atom stereocenters. The second-order valence-corrected chi connectivity index (χ2v) is 8.93. The summed E-state index contributed by atoms with van der Waals surface area (Å²) in [6.45, 7) is 8.26. The molecule has 0 amide bonds. The first kappa shape index (κ1) is 17.9. The highest BCUT2D eigenvalue weighted by atomic mass is 16.7. The van der Waals surface area contributed by atoms with Crippen molar-refractivity contribution < 1.29 is 18.8 Å². The lowest BCUT2D eigenvalue weighted by atomic mass is 9.78. The number of fused-ring (bicyclic) bond motifs is 4. The number of anilines is 3. The van der Waals surface area contributed by atoms with Gasteiger partial charge in [-0.1, -0.05) is 24.3 Å². The Kier molecular flexibility index (Phi) is 3.46. The van der Waals surface area contributed by atoms with Crippen molar-refractivity contribution in [2.24, 2.45) is 0 Å². The van der Waals surface area contributed by atoms with Crippen LogP contribution in [0.25, 0.3) is 0 Å². The van der Waals surface area contributed by atoms with Gasteiger partial charge >= 0.3 is 7.12 Å². The van der Waals surface area contributed by atoms with Crippen LogP contribution in [-0.2, 0) is 9.31 Å². The largest absolute Gasteiger partial charge is 0.494 e. The summed E-state index contributed by atoms with van der Waals surface area (Å²) in [6, 6.07) is 20.0. The SMILES string of the molecule is CC1(C)OB(c2ccc3c(c2)N2c4ccccc4Oc4cccc(c42)O3)OC1(C)C. The number of hydrogen-bond acceptors (Lipinski definition) is 5. The second kappa shape index (κ2) is 5.81. The third-order valence-electron chi connectivity index (χ3n) is 6.48. The third kappa shape index (κ3) is 2.38. The van der Waals surface area contributed by atoms with Crippen molar-refractivity contribution in [1.29, 1.82) is 0 Å². The summed E-state index contributed by atoms with van der Waals surface area (Å²) < 4.78 is 24.9. The molecule has 1 saturated heterocycles. The van der Waals surface area contributed by atoms with Crippen LogP contribution >= 0.6 is 0 Å². The molecule has 0 N–H and O–H groups in total. The fraction of sp³-hybridized carbons (Fsp3) is 0.250. The number of nitrogens with zero attached hydrogens (tertiary/aromatic N) is 1. The third-order valence-corrected chi connectivity index (χ3v) is 6.48. The van der Waals surface area contributed by atoms with Crippen molar-refractivity contribution in [2.45, 2.75) is 38.9 Å². The predicted octanol–water partition coefficient (Wildman–Crippen LogP) is 5.67. The summed E-state index contributed by atoms with van der Waals surface area (Å²) in [5, 5.41) is 0. The van der Waals surface area contributed by atoms with Crippen LogP contribution in [0.5, 0.6) is 23.0 Å². The maximum atomic E-state index is 6.28. The van der Waals surface area contributed by atoms with Gasteiger partial charge in [0.05, 0.1) is 22.6 Å². The van der Waals surface area contributed by atoms with E-state index in [4.69, 9.17) is 18.8 Å². The molecule has 6 heteroatoms. The molecule has 1 fully saturated rings. The van der Waals surface area contributed by atoms with Crippen LogP contribution in [0, 0.1) is 0 Å². The lowest BCUT2D eigenvalue weighted by molar-refractivity contribution is 0.00578.